The first kappa shape index (κ1) is 10.8. The molecule has 1 aromatic carbocycles. The van der Waals surface area contributed by atoms with Crippen molar-refractivity contribution in [2.45, 2.75) is 24.7 Å². The van der Waals surface area contributed by atoms with Crippen LogP contribution in [0.25, 0.3) is 0 Å². The van der Waals surface area contributed by atoms with Crippen LogP contribution in [0.1, 0.15) is 24.8 Å². The Kier molecular flexibility index (Phi) is 2.47. The predicted octanol–water partition coefficient (Wildman–Crippen LogP) is 1.98. The lowest BCUT2D eigenvalue weighted by atomic mass is 9.64. The minimum atomic E-state index is -0.352. The van der Waals surface area contributed by atoms with Crippen LogP contribution in [-0.2, 0) is 5.41 Å². The number of hydrogen-bond donors (Lipinski definition) is 1. The van der Waals surface area contributed by atoms with Gasteiger partial charge in [0.05, 0.1) is 0 Å². The van der Waals surface area contributed by atoms with Crippen molar-refractivity contribution in [3.05, 3.63) is 23.5 Å². The summed E-state index contributed by atoms with van der Waals surface area (Å²) in [4.78, 5) is 0. The van der Waals surface area contributed by atoms with Crippen LogP contribution in [0, 0.1) is 5.82 Å². The topological polar surface area (TPSA) is 44.5 Å². The molecule has 1 fully saturated rings. The minimum absolute atomic E-state index is 0.0293. The van der Waals surface area contributed by atoms with E-state index in [-0.39, 0.29) is 17.0 Å². The monoisotopic (exact) mass is 237 g/mol. The normalized spacial score (nSPS) is 20.8. The van der Waals surface area contributed by atoms with Gasteiger partial charge in [-0.2, -0.15) is 0 Å². The summed E-state index contributed by atoms with van der Waals surface area (Å²) < 4.78 is 24.6. The molecule has 1 saturated carbocycles. The molecule has 0 amide bonds. The molecule has 2 aliphatic rings. The van der Waals surface area contributed by atoms with Crippen molar-refractivity contribution in [2.75, 3.05) is 19.8 Å². The maximum Gasteiger partial charge on any atom is 0.197 e. The lowest BCUT2D eigenvalue weighted by molar-refractivity contribution is 0.153. The van der Waals surface area contributed by atoms with Crippen molar-refractivity contribution in [1.82, 2.24) is 0 Å². The fraction of sp³-hybridized carbons (Fsp3) is 0.538. The van der Waals surface area contributed by atoms with Crippen LogP contribution in [0.5, 0.6) is 11.5 Å². The van der Waals surface area contributed by atoms with Crippen LogP contribution >= 0.6 is 0 Å². The zero-order chi connectivity index (χ0) is 11.9. The molecular weight excluding hydrogens is 221 g/mol. The van der Waals surface area contributed by atoms with Crippen molar-refractivity contribution in [1.29, 1.82) is 0 Å². The Labute approximate surface area is 99.7 Å². The van der Waals surface area contributed by atoms with E-state index in [0.29, 0.717) is 25.5 Å². The molecule has 1 heterocycles. The number of fused-ring (bicyclic) bond motifs is 1. The van der Waals surface area contributed by atoms with Crippen molar-refractivity contribution in [3.8, 4) is 11.5 Å². The molecule has 0 atom stereocenters. The van der Waals surface area contributed by atoms with Crippen LogP contribution in [0.2, 0.25) is 0 Å². The van der Waals surface area contributed by atoms with E-state index in [1.807, 2.05) is 0 Å². The number of halogens is 1. The van der Waals surface area contributed by atoms with Crippen LogP contribution in [0.15, 0.2) is 12.1 Å². The molecule has 0 aromatic heterocycles. The van der Waals surface area contributed by atoms with E-state index in [1.54, 1.807) is 6.07 Å². The van der Waals surface area contributed by atoms with Gasteiger partial charge in [-0.3, -0.25) is 0 Å². The van der Waals surface area contributed by atoms with E-state index in [0.717, 1.165) is 18.4 Å². The van der Waals surface area contributed by atoms with Crippen molar-refractivity contribution in [2.24, 2.45) is 5.73 Å². The summed E-state index contributed by atoms with van der Waals surface area (Å²) in [6, 6.07) is 3.26. The van der Waals surface area contributed by atoms with Crippen LogP contribution in [0.4, 0.5) is 4.39 Å². The Hall–Kier alpha value is -1.29. The largest absolute Gasteiger partial charge is 0.486 e. The van der Waals surface area contributed by atoms with Crippen molar-refractivity contribution >= 4 is 0 Å². The summed E-state index contributed by atoms with van der Waals surface area (Å²) >= 11 is 0. The maximum atomic E-state index is 13.6. The molecule has 17 heavy (non-hydrogen) atoms. The maximum absolute atomic E-state index is 13.6. The van der Waals surface area contributed by atoms with E-state index in [1.165, 1.54) is 12.5 Å². The molecule has 92 valence electrons. The molecule has 0 bridgehead atoms. The molecule has 0 unspecified atom stereocenters. The quantitative estimate of drug-likeness (QED) is 0.855. The zero-order valence-corrected chi connectivity index (χ0v) is 9.67. The van der Waals surface area contributed by atoms with Gasteiger partial charge in [0.2, 0.25) is 0 Å². The first-order valence-corrected chi connectivity index (χ1v) is 6.05. The fourth-order valence-electron chi connectivity index (χ4n) is 2.71. The highest BCUT2D eigenvalue weighted by molar-refractivity contribution is 5.52. The first-order chi connectivity index (χ1) is 8.27. The summed E-state index contributed by atoms with van der Waals surface area (Å²) in [6.07, 6.45) is 3.26. The molecule has 1 aliphatic heterocycles. The third-order valence-corrected chi connectivity index (χ3v) is 3.91. The summed E-state index contributed by atoms with van der Waals surface area (Å²) in [5.74, 6) is 0.477. The van der Waals surface area contributed by atoms with Gasteiger partial charge in [-0.05, 0) is 18.9 Å². The van der Waals surface area contributed by atoms with Gasteiger partial charge in [0.25, 0.3) is 0 Å². The number of rotatable bonds is 2. The van der Waals surface area contributed by atoms with Crippen LogP contribution in [0.3, 0.4) is 0 Å². The van der Waals surface area contributed by atoms with Crippen molar-refractivity contribution in [3.63, 3.8) is 0 Å². The van der Waals surface area contributed by atoms with E-state index < -0.39 is 0 Å². The second-order valence-corrected chi connectivity index (χ2v) is 4.79. The molecule has 2 N–H and O–H groups in total. The van der Waals surface area contributed by atoms with E-state index in [9.17, 15) is 4.39 Å². The van der Waals surface area contributed by atoms with Gasteiger partial charge in [-0.25, -0.2) is 4.39 Å². The molecule has 0 spiro atoms. The highest BCUT2D eigenvalue weighted by Gasteiger charge is 2.41. The Morgan fingerprint density at radius 1 is 1.18 bits per heavy atom. The highest BCUT2D eigenvalue weighted by Crippen LogP contribution is 2.50. The van der Waals surface area contributed by atoms with Crippen LogP contribution < -0.4 is 15.2 Å². The van der Waals surface area contributed by atoms with Gasteiger partial charge in [0, 0.05) is 17.5 Å². The molecule has 1 aliphatic carbocycles. The molecule has 4 heteroatoms. The second-order valence-electron chi connectivity index (χ2n) is 4.79. The summed E-state index contributed by atoms with van der Waals surface area (Å²) in [7, 11) is 0. The van der Waals surface area contributed by atoms with Gasteiger partial charge in [-0.15, -0.1) is 0 Å². The number of ether oxygens (including phenoxy) is 2. The predicted molar refractivity (Wildman–Crippen MR) is 62.0 cm³/mol. The Bertz CT molecular complexity index is 438. The number of nitrogens with two attached hydrogens (primary N) is 1. The molecule has 0 saturated heterocycles. The van der Waals surface area contributed by atoms with E-state index >= 15 is 0 Å². The Morgan fingerprint density at radius 3 is 2.47 bits per heavy atom. The minimum Gasteiger partial charge on any atom is -0.486 e. The van der Waals surface area contributed by atoms with Crippen molar-refractivity contribution < 1.29 is 13.9 Å². The Morgan fingerprint density at radius 2 is 1.88 bits per heavy atom. The highest BCUT2D eigenvalue weighted by atomic mass is 19.1. The van der Waals surface area contributed by atoms with Gasteiger partial charge < -0.3 is 15.2 Å². The smallest absolute Gasteiger partial charge is 0.197 e. The number of benzene rings is 1. The van der Waals surface area contributed by atoms with Gasteiger partial charge in [-0.1, -0.05) is 12.5 Å². The van der Waals surface area contributed by atoms with Gasteiger partial charge >= 0.3 is 0 Å². The van der Waals surface area contributed by atoms with Crippen LogP contribution in [-0.4, -0.2) is 19.8 Å². The molecule has 0 radical (unpaired) electrons. The third-order valence-electron chi connectivity index (χ3n) is 3.91. The molecule has 3 rings (SSSR count). The number of hydrogen-bond acceptors (Lipinski definition) is 3. The fourth-order valence-corrected chi connectivity index (χ4v) is 2.71. The SMILES string of the molecule is NCC1(c2ccc(F)c3c2OCCO3)CCC1. The van der Waals surface area contributed by atoms with Gasteiger partial charge in [0.15, 0.2) is 17.3 Å². The molecular formula is C13H16FNO2. The standard InChI is InChI=1S/C13H16FNO2/c14-10-3-2-9(13(8-15)4-1-5-13)11-12(10)17-7-6-16-11/h2-3H,1,4-8,15H2. The first-order valence-electron chi connectivity index (χ1n) is 6.05. The summed E-state index contributed by atoms with van der Waals surface area (Å²) in [5, 5.41) is 0. The van der Waals surface area contributed by atoms with Gasteiger partial charge in [0.1, 0.15) is 13.2 Å². The lowest BCUT2D eigenvalue weighted by Crippen LogP contribution is -2.42. The average Bonchev–Trinajstić information content (AvgIpc) is 2.32. The lowest BCUT2D eigenvalue weighted by Gasteiger charge is -2.42. The molecule has 3 nitrogen and oxygen atoms in total. The van der Waals surface area contributed by atoms with E-state index in [4.69, 9.17) is 15.2 Å². The zero-order valence-electron chi connectivity index (χ0n) is 9.67. The van der Waals surface area contributed by atoms with E-state index in [2.05, 4.69) is 0 Å². The average molecular weight is 237 g/mol. The summed E-state index contributed by atoms with van der Waals surface area (Å²) in [5.41, 5.74) is 6.87. The summed E-state index contributed by atoms with van der Waals surface area (Å²) in [6.45, 7) is 1.46. The third kappa shape index (κ3) is 1.51. The Balaban J connectivity index is 2.11. The second kappa shape index (κ2) is 3.88. The molecule has 1 aromatic rings.